The monoisotopic (exact) mass is 253 g/mol. The Bertz CT molecular complexity index is 426. The van der Waals surface area contributed by atoms with Crippen LogP contribution in [0.15, 0.2) is 17.3 Å². The predicted octanol–water partition coefficient (Wildman–Crippen LogP) is 3.90. The summed E-state index contributed by atoms with van der Waals surface area (Å²) in [5, 5.41) is 21.5. The van der Waals surface area contributed by atoms with Gasteiger partial charge in [0.15, 0.2) is 0 Å². The van der Waals surface area contributed by atoms with E-state index < -0.39 is 0 Å². The van der Waals surface area contributed by atoms with Crippen molar-refractivity contribution in [2.24, 2.45) is 5.16 Å². The molecular weight excluding hydrogens is 238 g/mol. The van der Waals surface area contributed by atoms with Gasteiger partial charge in [-0.05, 0) is 36.5 Å². The molecule has 92 valence electrons. The SMILES string of the molecule is O/N=C\c1cc(C2CCCCC2)cc(Cl)c1O. The Balaban J connectivity index is 2.34. The van der Waals surface area contributed by atoms with Gasteiger partial charge in [-0.3, -0.25) is 0 Å². The molecule has 1 aliphatic rings. The summed E-state index contributed by atoms with van der Waals surface area (Å²) < 4.78 is 0. The number of phenols is 1. The van der Waals surface area contributed by atoms with Gasteiger partial charge in [0.1, 0.15) is 5.75 Å². The van der Waals surface area contributed by atoms with Crippen molar-refractivity contribution in [3.8, 4) is 5.75 Å². The van der Waals surface area contributed by atoms with Crippen LogP contribution < -0.4 is 0 Å². The lowest BCUT2D eigenvalue weighted by Gasteiger charge is -2.22. The highest BCUT2D eigenvalue weighted by Crippen LogP contribution is 2.37. The highest BCUT2D eigenvalue weighted by Gasteiger charge is 2.18. The van der Waals surface area contributed by atoms with Crippen LogP contribution in [-0.2, 0) is 0 Å². The largest absolute Gasteiger partial charge is 0.506 e. The standard InChI is InChI=1S/C13H16ClNO2/c14-12-7-10(9-4-2-1-3-5-9)6-11(8-15-17)13(12)16/h6-9,16-17H,1-5H2/b15-8-. The summed E-state index contributed by atoms with van der Waals surface area (Å²) in [5.74, 6) is 0.483. The molecule has 0 unspecified atom stereocenters. The summed E-state index contributed by atoms with van der Waals surface area (Å²) in [6, 6.07) is 3.68. The maximum absolute atomic E-state index is 9.72. The van der Waals surface area contributed by atoms with Gasteiger partial charge in [-0.15, -0.1) is 0 Å². The molecule has 0 saturated heterocycles. The molecule has 0 aliphatic heterocycles. The van der Waals surface area contributed by atoms with Crippen LogP contribution in [0.2, 0.25) is 5.02 Å². The molecule has 0 radical (unpaired) electrons. The molecule has 0 bridgehead atoms. The molecule has 2 N–H and O–H groups in total. The number of aromatic hydroxyl groups is 1. The van der Waals surface area contributed by atoms with Crippen LogP contribution in [0.1, 0.15) is 49.1 Å². The molecule has 1 saturated carbocycles. The molecule has 3 nitrogen and oxygen atoms in total. The van der Waals surface area contributed by atoms with E-state index in [0.29, 0.717) is 16.5 Å². The molecule has 0 spiro atoms. The fraction of sp³-hybridized carbons (Fsp3) is 0.462. The van der Waals surface area contributed by atoms with Crippen molar-refractivity contribution in [2.75, 3.05) is 0 Å². The first-order valence-corrected chi connectivity index (χ1v) is 6.30. The van der Waals surface area contributed by atoms with Crippen LogP contribution >= 0.6 is 11.6 Å². The van der Waals surface area contributed by atoms with Gasteiger partial charge in [0, 0.05) is 5.56 Å². The van der Waals surface area contributed by atoms with Crippen LogP contribution in [0.3, 0.4) is 0 Å². The lowest BCUT2D eigenvalue weighted by atomic mass is 9.83. The summed E-state index contributed by atoms with van der Waals surface area (Å²) in [6.07, 6.45) is 7.33. The van der Waals surface area contributed by atoms with E-state index in [2.05, 4.69) is 5.16 Å². The van der Waals surface area contributed by atoms with E-state index in [4.69, 9.17) is 16.8 Å². The van der Waals surface area contributed by atoms with Crippen LogP contribution in [0.4, 0.5) is 0 Å². The molecule has 0 heterocycles. The maximum atomic E-state index is 9.72. The number of benzene rings is 1. The molecule has 1 aromatic rings. The minimum atomic E-state index is -0.0240. The summed E-state index contributed by atoms with van der Waals surface area (Å²) in [5.41, 5.74) is 1.60. The van der Waals surface area contributed by atoms with Gasteiger partial charge in [0.05, 0.1) is 11.2 Å². The molecule has 2 rings (SSSR count). The first-order chi connectivity index (χ1) is 8.22. The first kappa shape index (κ1) is 12.2. The number of halogens is 1. The highest BCUT2D eigenvalue weighted by molar-refractivity contribution is 6.32. The fourth-order valence-corrected chi connectivity index (χ4v) is 2.71. The lowest BCUT2D eigenvalue weighted by molar-refractivity contribution is 0.321. The molecule has 0 amide bonds. The van der Waals surface area contributed by atoms with Gasteiger partial charge in [0.2, 0.25) is 0 Å². The number of nitrogens with zero attached hydrogens (tertiary/aromatic N) is 1. The number of phenolic OH excluding ortho intramolecular Hbond substituents is 1. The van der Waals surface area contributed by atoms with Crippen molar-refractivity contribution in [2.45, 2.75) is 38.0 Å². The molecule has 0 aromatic heterocycles. The zero-order chi connectivity index (χ0) is 12.3. The van der Waals surface area contributed by atoms with Crippen LogP contribution in [-0.4, -0.2) is 16.5 Å². The third kappa shape index (κ3) is 2.72. The number of oxime groups is 1. The Labute approximate surface area is 106 Å². The molecule has 0 atom stereocenters. The second-order valence-corrected chi connectivity index (χ2v) is 4.93. The molecular formula is C13H16ClNO2. The lowest BCUT2D eigenvalue weighted by Crippen LogP contribution is -2.05. The average Bonchev–Trinajstić information content (AvgIpc) is 2.36. The number of hydrogen-bond donors (Lipinski definition) is 2. The minimum Gasteiger partial charge on any atom is -0.506 e. The fourth-order valence-electron chi connectivity index (χ4n) is 2.47. The predicted molar refractivity (Wildman–Crippen MR) is 68.3 cm³/mol. The van der Waals surface area contributed by atoms with Crippen molar-refractivity contribution in [1.29, 1.82) is 0 Å². The van der Waals surface area contributed by atoms with Gasteiger partial charge in [-0.2, -0.15) is 0 Å². The van der Waals surface area contributed by atoms with Crippen molar-refractivity contribution in [3.63, 3.8) is 0 Å². The van der Waals surface area contributed by atoms with Crippen LogP contribution in [0.5, 0.6) is 5.75 Å². The second-order valence-electron chi connectivity index (χ2n) is 4.52. The Morgan fingerprint density at radius 1 is 1.24 bits per heavy atom. The van der Waals surface area contributed by atoms with Crippen molar-refractivity contribution >= 4 is 17.8 Å². The Morgan fingerprint density at radius 3 is 2.59 bits per heavy atom. The topological polar surface area (TPSA) is 52.8 Å². The smallest absolute Gasteiger partial charge is 0.143 e. The van der Waals surface area contributed by atoms with E-state index in [1.165, 1.54) is 25.5 Å². The molecule has 4 heteroatoms. The van der Waals surface area contributed by atoms with Crippen molar-refractivity contribution < 1.29 is 10.3 Å². The molecule has 1 aromatic carbocycles. The Morgan fingerprint density at radius 2 is 1.94 bits per heavy atom. The first-order valence-electron chi connectivity index (χ1n) is 5.92. The van der Waals surface area contributed by atoms with E-state index in [1.807, 2.05) is 12.1 Å². The van der Waals surface area contributed by atoms with E-state index in [0.717, 1.165) is 18.4 Å². The molecule has 17 heavy (non-hydrogen) atoms. The van der Waals surface area contributed by atoms with Crippen LogP contribution in [0.25, 0.3) is 0 Å². The van der Waals surface area contributed by atoms with E-state index in [1.54, 1.807) is 0 Å². The van der Waals surface area contributed by atoms with E-state index >= 15 is 0 Å². The zero-order valence-electron chi connectivity index (χ0n) is 9.56. The van der Waals surface area contributed by atoms with Gasteiger partial charge >= 0.3 is 0 Å². The normalized spacial score (nSPS) is 17.7. The summed E-state index contributed by atoms with van der Waals surface area (Å²) in [7, 11) is 0. The summed E-state index contributed by atoms with van der Waals surface area (Å²) in [4.78, 5) is 0. The summed E-state index contributed by atoms with van der Waals surface area (Å²) >= 11 is 5.98. The van der Waals surface area contributed by atoms with Gasteiger partial charge < -0.3 is 10.3 Å². The number of rotatable bonds is 2. The third-order valence-corrected chi connectivity index (χ3v) is 3.68. The maximum Gasteiger partial charge on any atom is 0.143 e. The van der Waals surface area contributed by atoms with Gasteiger partial charge in [-0.25, -0.2) is 0 Å². The minimum absolute atomic E-state index is 0.0240. The van der Waals surface area contributed by atoms with Gasteiger partial charge in [-0.1, -0.05) is 36.0 Å². The van der Waals surface area contributed by atoms with Crippen molar-refractivity contribution in [1.82, 2.24) is 0 Å². The van der Waals surface area contributed by atoms with Crippen molar-refractivity contribution in [3.05, 3.63) is 28.3 Å². The number of hydrogen-bond acceptors (Lipinski definition) is 3. The average molecular weight is 254 g/mol. The highest BCUT2D eigenvalue weighted by atomic mass is 35.5. The summed E-state index contributed by atoms with van der Waals surface area (Å²) in [6.45, 7) is 0. The van der Waals surface area contributed by atoms with Gasteiger partial charge in [0.25, 0.3) is 0 Å². The van der Waals surface area contributed by atoms with E-state index in [-0.39, 0.29) is 5.75 Å². The Hall–Kier alpha value is -1.22. The Kier molecular flexibility index (Phi) is 3.89. The second kappa shape index (κ2) is 5.41. The third-order valence-electron chi connectivity index (χ3n) is 3.39. The van der Waals surface area contributed by atoms with E-state index in [9.17, 15) is 5.11 Å². The quantitative estimate of drug-likeness (QED) is 0.477. The zero-order valence-corrected chi connectivity index (χ0v) is 10.3. The van der Waals surface area contributed by atoms with Crippen LogP contribution in [0, 0.1) is 0 Å². The molecule has 1 aliphatic carbocycles. The molecule has 1 fully saturated rings.